The quantitative estimate of drug-likeness (QED) is 0.636. The molecule has 2 N–H and O–H groups in total. The summed E-state index contributed by atoms with van der Waals surface area (Å²) in [5.74, 6) is 0.752. The Morgan fingerprint density at radius 2 is 1.55 bits per heavy atom. The lowest BCUT2D eigenvalue weighted by Gasteiger charge is -2.20. The fraction of sp³-hybridized carbons (Fsp3) is 1.00. The highest BCUT2D eigenvalue weighted by molar-refractivity contribution is 4.95. The largest absolute Gasteiger partial charge is 0.393 e. The molecule has 20 heavy (non-hydrogen) atoms. The second kappa shape index (κ2) is 8.35. The first kappa shape index (κ1) is 16.3. The van der Waals surface area contributed by atoms with E-state index in [-0.39, 0.29) is 12.2 Å². The van der Waals surface area contributed by atoms with Gasteiger partial charge in [-0.2, -0.15) is 0 Å². The fourth-order valence-electron chi connectivity index (χ4n) is 4.04. The van der Waals surface area contributed by atoms with Crippen LogP contribution >= 0.6 is 0 Å². The molecule has 118 valence electrons. The zero-order valence-electron chi connectivity index (χ0n) is 13.0. The Morgan fingerprint density at radius 1 is 0.900 bits per heavy atom. The number of unbranched alkanes of at least 4 members (excludes halogenated alkanes) is 7. The van der Waals surface area contributed by atoms with Gasteiger partial charge in [0.25, 0.3) is 0 Å². The van der Waals surface area contributed by atoms with Crippen LogP contribution in [0.3, 0.4) is 0 Å². The zero-order valence-corrected chi connectivity index (χ0v) is 13.0. The lowest BCUT2D eigenvalue weighted by molar-refractivity contribution is -0.0951. The van der Waals surface area contributed by atoms with Crippen LogP contribution in [0.1, 0.15) is 77.6 Å². The highest BCUT2D eigenvalue weighted by atomic mass is 16.6. The predicted molar refractivity (Wildman–Crippen MR) is 80.3 cm³/mol. The molecule has 0 aromatic carbocycles. The summed E-state index contributed by atoms with van der Waals surface area (Å²) in [6.07, 6.45) is 12.5. The summed E-state index contributed by atoms with van der Waals surface area (Å²) in [6, 6.07) is 0. The van der Waals surface area contributed by atoms with Gasteiger partial charge in [0, 0.05) is 12.8 Å². The molecule has 1 saturated heterocycles. The van der Waals surface area contributed by atoms with Crippen LogP contribution in [0.2, 0.25) is 0 Å². The maximum atomic E-state index is 10.1. The normalized spacial score (nSPS) is 36.5. The van der Waals surface area contributed by atoms with Gasteiger partial charge in [-0.05, 0) is 18.3 Å². The first-order valence-electron chi connectivity index (χ1n) is 8.74. The molecule has 1 aliphatic heterocycles. The minimum absolute atomic E-state index is 0.110. The first-order chi connectivity index (χ1) is 9.72. The maximum absolute atomic E-state index is 10.1. The summed E-state index contributed by atoms with van der Waals surface area (Å²) in [5.41, 5.74) is 0. The third kappa shape index (κ3) is 4.44. The molecule has 2 aliphatic rings. The van der Waals surface area contributed by atoms with Crippen molar-refractivity contribution in [3.8, 4) is 0 Å². The molecule has 0 radical (unpaired) electrons. The van der Waals surface area contributed by atoms with Crippen LogP contribution < -0.4 is 0 Å². The average Bonchev–Trinajstić information content (AvgIpc) is 2.89. The van der Waals surface area contributed by atoms with E-state index in [9.17, 15) is 10.2 Å². The van der Waals surface area contributed by atoms with Crippen molar-refractivity contribution in [1.82, 2.24) is 0 Å². The van der Waals surface area contributed by atoms with Crippen molar-refractivity contribution in [3.63, 3.8) is 0 Å². The van der Waals surface area contributed by atoms with Crippen LogP contribution in [-0.4, -0.2) is 28.7 Å². The van der Waals surface area contributed by atoms with Gasteiger partial charge >= 0.3 is 0 Å². The molecule has 2 rings (SSSR count). The number of rotatable bonds is 9. The molecule has 2 fully saturated rings. The van der Waals surface area contributed by atoms with Crippen LogP contribution in [0.25, 0.3) is 0 Å². The van der Waals surface area contributed by atoms with E-state index in [1.165, 1.54) is 51.4 Å². The van der Waals surface area contributed by atoms with Crippen LogP contribution in [-0.2, 0) is 4.74 Å². The van der Waals surface area contributed by atoms with E-state index < -0.39 is 6.29 Å². The third-order valence-electron chi connectivity index (χ3n) is 5.19. The number of aliphatic hydroxyl groups excluding tert-OH is 2. The van der Waals surface area contributed by atoms with E-state index >= 15 is 0 Å². The Bertz CT molecular complexity index is 269. The lowest BCUT2D eigenvalue weighted by Crippen LogP contribution is -2.20. The summed E-state index contributed by atoms with van der Waals surface area (Å²) in [5, 5.41) is 19.7. The van der Waals surface area contributed by atoms with E-state index in [1.807, 2.05) is 0 Å². The average molecular weight is 284 g/mol. The molecular formula is C17H32O3. The van der Waals surface area contributed by atoms with Crippen LogP contribution in [0.4, 0.5) is 0 Å². The Hall–Kier alpha value is -0.120. The molecule has 5 atom stereocenters. The number of hydrogen-bond acceptors (Lipinski definition) is 3. The molecule has 1 heterocycles. The van der Waals surface area contributed by atoms with Gasteiger partial charge in [0.1, 0.15) is 0 Å². The number of ether oxygens (including phenoxy) is 1. The van der Waals surface area contributed by atoms with E-state index in [2.05, 4.69) is 6.92 Å². The fourth-order valence-corrected chi connectivity index (χ4v) is 4.04. The standard InChI is InChI=1S/C17H32O3/c1-2-3-4-5-6-7-8-9-10-13-14-11-17(19)20-16(14)12-15(13)18/h13-19H,2-12H2,1H3/t13-,14?,15?,16?,17?/m1/s1. The summed E-state index contributed by atoms with van der Waals surface area (Å²) in [6.45, 7) is 2.25. The molecule has 4 unspecified atom stereocenters. The smallest absolute Gasteiger partial charge is 0.155 e. The molecule has 3 nitrogen and oxygen atoms in total. The molecule has 1 aliphatic carbocycles. The SMILES string of the molecule is CCCCCCCCCC[C@H]1C(O)CC2OC(O)CC21. The van der Waals surface area contributed by atoms with Crippen molar-refractivity contribution in [1.29, 1.82) is 0 Å². The highest BCUT2D eigenvalue weighted by Crippen LogP contribution is 2.44. The maximum Gasteiger partial charge on any atom is 0.155 e. The van der Waals surface area contributed by atoms with Crippen molar-refractivity contribution >= 4 is 0 Å². The summed E-state index contributed by atoms with van der Waals surface area (Å²) in [4.78, 5) is 0. The van der Waals surface area contributed by atoms with E-state index in [4.69, 9.17) is 4.74 Å². The molecule has 0 aromatic heterocycles. The van der Waals surface area contributed by atoms with Gasteiger partial charge in [0.2, 0.25) is 0 Å². The van der Waals surface area contributed by atoms with Gasteiger partial charge in [-0.15, -0.1) is 0 Å². The van der Waals surface area contributed by atoms with Crippen molar-refractivity contribution in [2.45, 2.75) is 96.1 Å². The van der Waals surface area contributed by atoms with Crippen LogP contribution in [0, 0.1) is 11.8 Å². The highest BCUT2D eigenvalue weighted by Gasteiger charge is 2.48. The molecule has 0 bridgehead atoms. The van der Waals surface area contributed by atoms with Gasteiger partial charge in [0.05, 0.1) is 12.2 Å². The number of hydrogen-bond donors (Lipinski definition) is 2. The Balaban J connectivity index is 1.55. The third-order valence-corrected chi connectivity index (χ3v) is 5.19. The van der Waals surface area contributed by atoms with Crippen molar-refractivity contribution < 1.29 is 14.9 Å². The van der Waals surface area contributed by atoms with E-state index in [0.29, 0.717) is 11.8 Å². The van der Waals surface area contributed by atoms with Crippen molar-refractivity contribution in [2.75, 3.05) is 0 Å². The van der Waals surface area contributed by atoms with Crippen LogP contribution in [0.5, 0.6) is 0 Å². The monoisotopic (exact) mass is 284 g/mol. The second-order valence-electron chi connectivity index (χ2n) is 6.76. The van der Waals surface area contributed by atoms with E-state index in [0.717, 1.165) is 19.3 Å². The van der Waals surface area contributed by atoms with E-state index in [1.54, 1.807) is 0 Å². The minimum atomic E-state index is -0.585. The minimum Gasteiger partial charge on any atom is -0.393 e. The summed E-state index contributed by atoms with van der Waals surface area (Å²) >= 11 is 0. The van der Waals surface area contributed by atoms with Crippen molar-refractivity contribution in [3.05, 3.63) is 0 Å². The summed E-state index contributed by atoms with van der Waals surface area (Å²) in [7, 11) is 0. The Morgan fingerprint density at radius 3 is 2.25 bits per heavy atom. The van der Waals surface area contributed by atoms with Gasteiger partial charge in [0.15, 0.2) is 6.29 Å². The topological polar surface area (TPSA) is 49.7 Å². The molecule has 0 amide bonds. The lowest BCUT2D eigenvalue weighted by atomic mass is 9.87. The number of fused-ring (bicyclic) bond motifs is 1. The summed E-state index contributed by atoms with van der Waals surface area (Å²) < 4.78 is 5.46. The molecular weight excluding hydrogens is 252 g/mol. The molecule has 0 aromatic rings. The predicted octanol–water partition coefficient (Wildman–Crippen LogP) is 3.62. The molecule has 3 heteroatoms. The Labute approximate surface area is 123 Å². The van der Waals surface area contributed by atoms with Gasteiger partial charge < -0.3 is 14.9 Å². The van der Waals surface area contributed by atoms with Gasteiger partial charge in [-0.3, -0.25) is 0 Å². The number of aliphatic hydroxyl groups is 2. The zero-order chi connectivity index (χ0) is 14.4. The first-order valence-corrected chi connectivity index (χ1v) is 8.74. The van der Waals surface area contributed by atoms with Crippen LogP contribution in [0.15, 0.2) is 0 Å². The Kier molecular flexibility index (Phi) is 6.79. The molecule has 0 spiro atoms. The molecule has 1 saturated carbocycles. The van der Waals surface area contributed by atoms with Gasteiger partial charge in [-0.25, -0.2) is 0 Å². The van der Waals surface area contributed by atoms with Gasteiger partial charge in [-0.1, -0.05) is 58.3 Å². The van der Waals surface area contributed by atoms with Crippen molar-refractivity contribution in [2.24, 2.45) is 11.8 Å². The second-order valence-corrected chi connectivity index (χ2v) is 6.76.